The number of nitrogens with zero attached hydrogens (tertiary/aromatic N) is 3. The van der Waals surface area contributed by atoms with Crippen LogP contribution >= 0.6 is 0 Å². The topological polar surface area (TPSA) is 66.0 Å². The molecular formula is C17H13N5. The maximum atomic E-state index is 4.41. The zero-order chi connectivity index (χ0) is 14.8. The first-order valence-corrected chi connectivity index (χ1v) is 6.98. The summed E-state index contributed by atoms with van der Waals surface area (Å²) in [4.78, 5) is 11.9. The fourth-order valence-corrected chi connectivity index (χ4v) is 2.40. The predicted molar refractivity (Wildman–Crippen MR) is 89.1 cm³/mol. The lowest BCUT2D eigenvalue weighted by Crippen LogP contribution is -1.93. The van der Waals surface area contributed by atoms with Gasteiger partial charge in [-0.05, 0) is 24.3 Å². The van der Waals surface area contributed by atoms with Crippen molar-refractivity contribution in [3.8, 4) is 0 Å². The summed E-state index contributed by atoms with van der Waals surface area (Å²) in [5.74, 6) is 0.621. The molecular weight excluding hydrogens is 274 g/mol. The molecule has 0 amide bonds. The molecule has 0 saturated carbocycles. The van der Waals surface area contributed by atoms with Crippen molar-refractivity contribution in [2.24, 2.45) is 5.10 Å². The van der Waals surface area contributed by atoms with Crippen molar-refractivity contribution >= 4 is 34.1 Å². The van der Waals surface area contributed by atoms with E-state index < -0.39 is 0 Å². The van der Waals surface area contributed by atoms with E-state index in [1.54, 1.807) is 12.4 Å². The van der Waals surface area contributed by atoms with Gasteiger partial charge in [0.15, 0.2) is 0 Å². The summed E-state index contributed by atoms with van der Waals surface area (Å²) < 4.78 is 0. The molecule has 106 valence electrons. The first kappa shape index (κ1) is 12.5. The second kappa shape index (κ2) is 5.29. The second-order valence-electron chi connectivity index (χ2n) is 4.89. The van der Waals surface area contributed by atoms with E-state index in [0.717, 1.165) is 27.5 Å². The summed E-state index contributed by atoms with van der Waals surface area (Å²) >= 11 is 0. The highest BCUT2D eigenvalue weighted by Crippen LogP contribution is 2.15. The average molecular weight is 287 g/mol. The zero-order valence-corrected chi connectivity index (χ0v) is 11.7. The van der Waals surface area contributed by atoms with Crippen molar-refractivity contribution in [3.63, 3.8) is 0 Å². The molecule has 4 rings (SSSR count). The Morgan fingerprint density at radius 2 is 1.77 bits per heavy atom. The Balaban J connectivity index is 1.61. The van der Waals surface area contributed by atoms with E-state index in [-0.39, 0.29) is 0 Å². The van der Waals surface area contributed by atoms with Gasteiger partial charge in [-0.25, -0.2) is 10.4 Å². The molecule has 5 heteroatoms. The minimum Gasteiger partial charge on any atom is -0.323 e. The number of benzene rings is 2. The number of H-pyrrole nitrogens is 1. The number of hydrazone groups is 1. The van der Waals surface area contributed by atoms with Gasteiger partial charge < -0.3 is 4.98 Å². The number of pyridine rings is 1. The van der Waals surface area contributed by atoms with Gasteiger partial charge in [-0.2, -0.15) is 5.10 Å². The Morgan fingerprint density at radius 1 is 0.955 bits per heavy atom. The molecule has 5 nitrogen and oxygen atoms in total. The highest BCUT2D eigenvalue weighted by molar-refractivity contribution is 5.98. The van der Waals surface area contributed by atoms with Crippen LogP contribution in [0.1, 0.15) is 5.56 Å². The van der Waals surface area contributed by atoms with Gasteiger partial charge in [0.05, 0.1) is 22.8 Å². The third-order valence-electron chi connectivity index (χ3n) is 3.45. The Labute approximate surface area is 126 Å². The fraction of sp³-hybridized carbons (Fsp3) is 0. The van der Waals surface area contributed by atoms with Crippen molar-refractivity contribution in [1.82, 2.24) is 15.0 Å². The number of anilines is 1. The van der Waals surface area contributed by atoms with E-state index in [4.69, 9.17) is 0 Å². The number of imidazole rings is 1. The van der Waals surface area contributed by atoms with Gasteiger partial charge in [0, 0.05) is 17.1 Å². The van der Waals surface area contributed by atoms with Crippen molar-refractivity contribution in [1.29, 1.82) is 0 Å². The molecule has 2 heterocycles. The van der Waals surface area contributed by atoms with Gasteiger partial charge in [-0.15, -0.1) is 0 Å². The van der Waals surface area contributed by atoms with Crippen molar-refractivity contribution in [3.05, 3.63) is 66.4 Å². The minimum absolute atomic E-state index is 0.621. The van der Waals surface area contributed by atoms with E-state index in [0.29, 0.717) is 5.95 Å². The van der Waals surface area contributed by atoms with Crippen LogP contribution in [0.25, 0.3) is 21.9 Å². The van der Waals surface area contributed by atoms with Gasteiger partial charge in [-0.3, -0.25) is 4.98 Å². The Kier molecular flexibility index (Phi) is 3.01. The Hall–Kier alpha value is -3.21. The van der Waals surface area contributed by atoms with E-state index >= 15 is 0 Å². The molecule has 2 aromatic carbocycles. The molecule has 0 atom stereocenters. The second-order valence-corrected chi connectivity index (χ2v) is 4.89. The smallest absolute Gasteiger partial charge is 0.222 e. The van der Waals surface area contributed by atoms with Crippen LogP contribution in [-0.4, -0.2) is 21.2 Å². The molecule has 0 aliphatic carbocycles. The molecule has 2 aromatic heterocycles. The summed E-state index contributed by atoms with van der Waals surface area (Å²) in [6.45, 7) is 0. The van der Waals surface area contributed by atoms with E-state index in [1.165, 1.54) is 0 Å². The number of nitrogens with one attached hydrogen (secondary N) is 2. The van der Waals surface area contributed by atoms with Crippen LogP contribution in [0.4, 0.5) is 5.95 Å². The van der Waals surface area contributed by atoms with E-state index in [9.17, 15) is 0 Å². The lowest BCUT2D eigenvalue weighted by atomic mass is 10.1. The Morgan fingerprint density at radius 3 is 2.68 bits per heavy atom. The third-order valence-corrected chi connectivity index (χ3v) is 3.45. The standard InChI is InChI=1S/C17H13N5/c1-2-6-14-13(5-1)12(9-10-18-14)11-19-22-17-20-15-7-3-4-8-16(15)21-17/h1-11H,(H2,20,21,22). The number of hydrogen-bond donors (Lipinski definition) is 2. The quantitative estimate of drug-likeness (QED) is 0.447. The summed E-state index contributed by atoms with van der Waals surface area (Å²) in [5, 5.41) is 5.33. The zero-order valence-electron chi connectivity index (χ0n) is 11.7. The molecule has 0 spiro atoms. The highest BCUT2D eigenvalue weighted by Gasteiger charge is 2.00. The fourth-order valence-electron chi connectivity index (χ4n) is 2.40. The lowest BCUT2D eigenvalue weighted by molar-refractivity contribution is 1.21. The average Bonchev–Trinajstić information content (AvgIpc) is 2.98. The predicted octanol–water partition coefficient (Wildman–Crippen LogP) is 3.56. The summed E-state index contributed by atoms with van der Waals surface area (Å²) in [5.41, 5.74) is 6.78. The van der Waals surface area contributed by atoms with Gasteiger partial charge in [0.2, 0.25) is 5.95 Å². The number of hydrogen-bond acceptors (Lipinski definition) is 4. The molecule has 22 heavy (non-hydrogen) atoms. The molecule has 2 N–H and O–H groups in total. The van der Waals surface area contributed by atoms with Gasteiger partial charge in [-0.1, -0.05) is 30.3 Å². The van der Waals surface area contributed by atoms with Crippen LogP contribution < -0.4 is 5.43 Å². The Bertz CT molecular complexity index is 933. The largest absolute Gasteiger partial charge is 0.323 e. The van der Waals surface area contributed by atoms with Gasteiger partial charge in [0.1, 0.15) is 0 Å². The van der Waals surface area contributed by atoms with Crippen molar-refractivity contribution in [2.45, 2.75) is 0 Å². The maximum absolute atomic E-state index is 4.41. The SMILES string of the molecule is C(=NNc1nc2ccccc2[nH]1)c1ccnc2ccccc12. The van der Waals surface area contributed by atoms with Crippen LogP contribution in [0.5, 0.6) is 0 Å². The van der Waals surface area contributed by atoms with Gasteiger partial charge in [0.25, 0.3) is 0 Å². The summed E-state index contributed by atoms with van der Waals surface area (Å²) in [7, 11) is 0. The van der Waals surface area contributed by atoms with Crippen molar-refractivity contribution < 1.29 is 0 Å². The van der Waals surface area contributed by atoms with Crippen molar-refractivity contribution in [2.75, 3.05) is 5.43 Å². The lowest BCUT2D eigenvalue weighted by Gasteiger charge is -2.00. The molecule has 0 bridgehead atoms. The molecule has 0 radical (unpaired) electrons. The molecule has 4 aromatic rings. The summed E-state index contributed by atoms with van der Waals surface area (Å²) in [6.07, 6.45) is 3.56. The normalized spacial score (nSPS) is 11.5. The molecule has 0 saturated heterocycles. The molecule has 0 fully saturated rings. The number of fused-ring (bicyclic) bond motifs is 2. The van der Waals surface area contributed by atoms with Crippen LogP contribution in [0.3, 0.4) is 0 Å². The molecule has 0 aliphatic heterocycles. The van der Waals surface area contributed by atoms with E-state index in [2.05, 4.69) is 25.5 Å². The first-order chi connectivity index (χ1) is 10.9. The minimum atomic E-state index is 0.621. The summed E-state index contributed by atoms with van der Waals surface area (Å²) in [6, 6.07) is 17.8. The molecule has 0 unspecified atom stereocenters. The van der Waals surface area contributed by atoms with E-state index in [1.807, 2.05) is 54.6 Å². The van der Waals surface area contributed by atoms with Crippen LogP contribution in [-0.2, 0) is 0 Å². The number of aromatic amines is 1. The van der Waals surface area contributed by atoms with Gasteiger partial charge >= 0.3 is 0 Å². The molecule has 0 aliphatic rings. The number of rotatable bonds is 3. The highest BCUT2D eigenvalue weighted by atomic mass is 15.3. The maximum Gasteiger partial charge on any atom is 0.222 e. The van der Waals surface area contributed by atoms with Crippen LogP contribution in [0, 0.1) is 0 Å². The van der Waals surface area contributed by atoms with Crippen LogP contribution in [0.15, 0.2) is 65.9 Å². The third kappa shape index (κ3) is 2.29. The number of aromatic nitrogens is 3. The number of para-hydroxylation sites is 3. The monoisotopic (exact) mass is 287 g/mol. The van der Waals surface area contributed by atoms with Crippen LogP contribution in [0.2, 0.25) is 0 Å². The first-order valence-electron chi connectivity index (χ1n) is 6.98.